The minimum Gasteiger partial charge on any atom is -0.481 e. The predicted molar refractivity (Wildman–Crippen MR) is 494 cm³/mol. The SMILES string of the molecule is C#CCNC(=O)CCNC(=O)OC(C)(C)C.CC(C)(C)OC(=O)NCCC(=O)NCC#Cc1cn(C2CC(O)C(CO)O2)c(=O)nc1N.CC(C)(C)OC(=O)NCCC(=O)NCC#Cc1cn(C2CC(O[Si](C)(C)C(C)(C)C)C(CO[Si](C)(C)C(C)(C)C)O2)c(=O)nc1N.CC(C)(C)OC(=O)NCCC(=O)O.NCCC(=O)O.Nc1nc(=O)n(C2CC(O)C(CO)O2)cc1I. The van der Waals surface area contributed by atoms with Gasteiger partial charge in [0.1, 0.15) is 76.9 Å². The number of nitrogens with two attached hydrogens (primary N) is 4. The number of alkyl carbamates (subject to hydrolysis) is 4. The van der Waals surface area contributed by atoms with E-state index in [9.17, 15) is 72.9 Å². The van der Waals surface area contributed by atoms with E-state index in [0.717, 1.165) is 4.57 Å². The van der Waals surface area contributed by atoms with Crippen molar-refractivity contribution in [1.29, 1.82) is 0 Å². The Hall–Kier alpha value is -10.1. The van der Waals surface area contributed by atoms with Crippen molar-refractivity contribution in [2.24, 2.45) is 5.73 Å². The van der Waals surface area contributed by atoms with Gasteiger partial charge in [-0.2, -0.15) is 15.0 Å². The highest BCUT2D eigenvalue weighted by molar-refractivity contribution is 14.1. The molecule has 21 N–H and O–H groups in total. The maximum Gasteiger partial charge on any atom is 0.407 e. The van der Waals surface area contributed by atoms with E-state index in [-0.39, 0.29) is 174 Å². The third-order valence-electron chi connectivity index (χ3n) is 18.5. The molecule has 0 aromatic carbocycles. The number of carbonyl (C=O) groups is 9. The minimum absolute atomic E-state index is 0.00785. The van der Waals surface area contributed by atoms with Gasteiger partial charge in [0.2, 0.25) is 17.7 Å². The number of terminal acetylenes is 1. The molecule has 3 saturated heterocycles. The number of rotatable bonds is 27. The third kappa shape index (κ3) is 47.7. The number of nitrogen functional groups attached to an aromatic ring is 3. The Labute approximate surface area is 774 Å². The van der Waals surface area contributed by atoms with Crippen LogP contribution in [0.4, 0.5) is 36.6 Å². The fourth-order valence-electron chi connectivity index (χ4n) is 10.0. The molecule has 47 heteroatoms. The Bertz CT molecular complexity index is 4580. The molecule has 3 aromatic rings. The van der Waals surface area contributed by atoms with Crippen LogP contribution < -0.4 is 77.2 Å². The first-order chi connectivity index (χ1) is 59.8. The van der Waals surface area contributed by atoms with Crippen LogP contribution in [0, 0.1) is 39.6 Å². The van der Waals surface area contributed by atoms with Crippen LogP contribution >= 0.6 is 22.6 Å². The van der Waals surface area contributed by atoms with Gasteiger partial charge in [0, 0.05) is 89.8 Å². The number of ether oxygens (including phenoxy) is 7. The summed E-state index contributed by atoms with van der Waals surface area (Å²) in [5, 5.41) is 71.3. The van der Waals surface area contributed by atoms with Crippen LogP contribution in [0.3, 0.4) is 0 Å². The zero-order valence-electron chi connectivity index (χ0n) is 78.6. The van der Waals surface area contributed by atoms with E-state index < -0.39 is 136 Å². The maximum atomic E-state index is 13.0. The van der Waals surface area contributed by atoms with Crippen LogP contribution in [-0.4, -0.2) is 261 Å². The second-order valence-corrected chi connectivity index (χ2v) is 47.1. The number of halogens is 1. The summed E-state index contributed by atoms with van der Waals surface area (Å²) in [4.78, 5) is 148. The second-order valence-electron chi connectivity index (χ2n) is 36.4. The third-order valence-corrected chi connectivity index (χ3v) is 28.3. The number of aliphatic hydroxyl groups is 4. The molecule has 0 bridgehead atoms. The van der Waals surface area contributed by atoms with Gasteiger partial charge < -0.3 is 133 Å². The standard InChI is InChI=1S/C32H57N5O7Si2.C20H29N5O7.C11H18N2O3.C9H12IN3O4.C8H15NO4.C3H7NO2/c1-30(2,3)43-29(40)35-18-16-25(38)34-17-14-15-22-20-37(28(39)36-27(22)33)26-19-23(44-46(12,13)32(7,8)9)24(42-26)21-41-45(10,11)31(4,5)6;1-20(2,3)32-19(30)23-8-6-15(28)22-7-4-5-12-10-25(18(29)24-17(12)21)16-9-13(27)14(11-26)31-16;1-5-7-12-9(14)6-8-13-10(15)16-11(2,3)4;10-4-2-13(9(16)12-8(4)11)7-1-5(15)6(3-14)17-7;1-8(2,3)13-7(12)9-5-4-6(10)11;4-2-1-3(5)6/h20,23-24,26H,16-19,21H2,1-13H3,(H,34,38)(H,35,40)(H2,33,36,39);10,13-14,16,26-27H,6-9,11H2,1-3H3,(H,22,28)(H,23,30)(H2,21,24,29);1H,6-8H2,2-4H3,(H,12,14)(H,13,15);2,5-7,14-15H,1,3H2,(H2,11,12,16);4-5H2,1-3H3,(H,9,12)(H,10,11);1-2,4H2,(H,5,6). The van der Waals surface area contributed by atoms with Gasteiger partial charge in [-0.05, 0) is 142 Å². The lowest BCUT2D eigenvalue weighted by Gasteiger charge is -2.40. The Morgan fingerprint density at radius 1 is 0.485 bits per heavy atom. The monoisotopic (exact) mass is 1990 g/mol. The van der Waals surface area contributed by atoms with Crippen molar-refractivity contribution < 1.29 is 116 Å². The molecule has 0 radical (unpaired) electrons. The summed E-state index contributed by atoms with van der Waals surface area (Å²) in [6, 6.07) is 0. The Kier molecular flexibility index (Phi) is 49.6. The average Bonchev–Trinajstić information content (AvgIpc) is 1.64. The molecule has 0 saturated carbocycles. The first kappa shape index (κ1) is 118. The first-order valence-corrected chi connectivity index (χ1v) is 48.6. The highest BCUT2D eigenvalue weighted by Crippen LogP contribution is 2.43. The number of hydrogen-bond acceptors (Lipinski definition) is 32. The molecule has 0 aliphatic carbocycles. The van der Waals surface area contributed by atoms with Gasteiger partial charge in [-0.25, -0.2) is 33.6 Å². The van der Waals surface area contributed by atoms with Crippen molar-refractivity contribution in [2.45, 2.75) is 290 Å². The number of carboxylic acids is 2. The summed E-state index contributed by atoms with van der Waals surface area (Å²) in [5.74, 6) is 11.0. The van der Waals surface area contributed by atoms with Crippen molar-refractivity contribution in [3.8, 4) is 36.0 Å². The lowest BCUT2D eigenvalue weighted by molar-refractivity contribution is -0.137. The van der Waals surface area contributed by atoms with Gasteiger partial charge in [0.05, 0.1) is 85.3 Å². The largest absolute Gasteiger partial charge is 0.481 e. The zero-order valence-corrected chi connectivity index (χ0v) is 82.7. The highest BCUT2D eigenvalue weighted by atomic mass is 127. The van der Waals surface area contributed by atoms with E-state index in [1.54, 1.807) is 89.3 Å². The number of carbonyl (C=O) groups excluding carboxylic acids is 7. The van der Waals surface area contributed by atoms with Crippen LogP contribution in [0.1, 0.15) is 206 Å². The van der Waals surface area contributed by atoms with Crippen LogP contribution in [0.2, 0.25) is 36.3 Å². The number of carboxylic acid groups (broad SMARTS) is 2. The molecule has 0 spiro atoms. The summed E-state index contributed by atoms with van der Waals surface area (Å²) in [6.45, 7) is 43.7. The van der Waals surface area contributed by atoms with E-state index in [1.807, 2.05) is 22.6 Å². The van der Waals surface area contributed by atoms with Crippen LogP contribution in [0.25, 0.3) is 0 Å². The number of aliphatic hydroxyl groups excluding tert-OH is 4. The lowest BCUT2D eigenvalue weighted by atomic mass is 10.2. The minimum atomic E-state index is -2.17. The molecule has 3 fully saturated rings. The van der Waals surface area contributed by atoms with E-state index in [0.29, 0.717) is 22.2 Å². The van der Waals surface area contributed by atoms with Gasteiger partial charge in [-0.15, -0.1) is 6.42 Å². The van der Waals surface area contributed by atoms with Crippen LogP contribution in [0.15, 0.2) is 33.0 Å². The van der Waals surface area contributed by atoms with Crippen LogP contribution in [0.5, 0.6) is 0 Å². The van der Waals surface area contributed by atoms with Crippen molar-refractivity contribution in [3.05, 3.63) is 64.7 Å². The second kappa shape index (κ2) is 54.7. The summed E-state index contributed by atoms with van der Waals surface area (Å²) < 4.78 is 55.2. The molecule has 3 aliphatic rings. The molecular weight excluding hydrogens is 1850 g/mol. The number of aliphatic carboxylic acids is 2. The maximum absolute atomic E-state index is 13.0. The number of nitrogens with one attached hydrogen (secondary N) is 7. The number of hydrogen-bond donors (Lipinski definition) is 17. The van der Waals surface area contributed by atoms with E-state index in [4.69, 9.17) is 86.7 Å². The number of amides is 7. The Morgan fingerprint density at radius 2 is 0.800 bits per heavy atom. The molecule has 3 aromatic heterocycles. The summed E-state index contributed by atoms with van der Waals surface area (Å²) >= 11 is 1.96. The molecule has 9 atom stereocenters. The normalized spacial score (nSPS) is 18.2. The molecule has 7 amide bonds. The molecule has 44 nitrogen and oxygen atoms in total. The molecular formula is C83H138IN17O27Si2. The molecule has 732 valence electrons. The average molecular weight is 1990 g/mol. The van der Waals surface area contributed by atoms with E-state index in [2.05, 4.69) is 150 Å². The fourth-order valence-corrected chi connectivity index (χ4v) is 12.8. The summed E-state index contributed by atoms with van der Waals surface area (Å²) in [5.41, 5.74) is 18.7. The van der Waals surface area contributed by atoms with Crippen molar-refractivity contribution in [3.63, 3.8) is 0 Å². The smallest absolute Gasteiger partial charge is 0.407 e. The molecule has 6 rings (SSSR count). The number of aromatic nitrogens is 6. The summed E-state index contributed by atoms with van der Waals surface area (Å²) in [6.07, 6.45) is 2.31. The molecule has 130 heavy (non-hydrogen) atoms. The van der Waals surface area contributed by atoms with Crippen molar-refractivity contribution in [1.82, 2.24) is 65.9 Å². The first-order valence-electron chi connectivity index (χ1n) is 41.7. The molecule has 3 aliphatic heterocycles. The van der Waals surface area contributed by atoms with Gasteiger partial charge in [-0.1, -0.05) is 71.1 Å². The van der Waals surface area contributed by atoms with Gasteiger partial charge >= 0.3 is 53.4 Å². The van der Waals surface area contributed by atoms with Crippen molar-refractivity contribution >= 4 is 111 Å². The van der Waals surface area contributed by atoms with Crippen molar-refractivity contribution in [2.75, 3.05) is 89.4 Å². The number of nitrogens with zero attached hydrogens (tertiary/aromatic N) is 6. The lowest BCUT2D eigenvalue weighted by Crippen LogP contribution is -2.48. The van der Waals surface area contributed by atoms with E-state index in [1.165, 1.54) is 21.5 Å². The number of anilines is 3. The Morgan fingerprint density at radius 3 is 1.10 bits per heavy atom. The molecule has 6 heterocycles. The van der Waals surface area contributed by atoms with Gasteiger partial charge in [0.25, 0.3) is 0 Å². The fraction of sp³-hybridized carbons (Fsp3) is 0.675. The van der Waals surface area contributed by atoms with Gasteiger partial charge in [-0.3, -0.25) is 37.7 Å². The van der Waals surface area contributed by atoms with Gasteiger partial charge in [0.15, 0.2) is 16.6 Å². The quantitative estimate of drug-likeness (QED) is 0.0223. The van der Waals surface area contributed by atoms with E-state index >= 15 is 0 Å². The van der Waals surface area contributed by atoms with Crippen LogP contribution in [-0.2, 0) is 66.0 Å². The topological polar surface area (TPSA) is 651 Å². The Balaban J connectivity index is 0.000000865. The summed E-state index contributed by atoms with van der Waals surface area (Å²) in [7, 11) is -4.24. The predicted octanol–water partition coefficient (Wildman–Crippen LogP) is 3.88. The zero-order chi connectivity index (χ0) is 99.8. The molecule has 9 unspecified atom stereocenters. The highest BCUT2D eigenvalue weighted by Gasteiger charge is 2.47.